The monoisotopic (exact) mass is 234 g/mol. The van der Waals surface area contributed by atoms with Gasteiger partial charge < -0.3 is 15.4 Å². The Morgan fingerprint density at radius 3 is 3.00 bits per heavy atom. The lowest BCUT2D eigenvalue weighted by Gasteiger charge is -2.16. The quantitative estimate of drug-likeness (QED) is 0.852. The maximum Gasteiger partial charge on any atom is 0.223 e. The van der Waals surface area contributed by atoms with Crippen LogP contribution in [0.4, 0.5) is 0 Å². The summed E-state index contributed by atoms with van der Waals surface area (Å²) in [7, 11) is 3.48. The first-order valence-electron chi connectivity index (χ1n) is 5.79. The molecule has 1 aliphatic heterocycles. The lowest BCUT2D eigenvalue weighted by molar-refractivity contribution is -0.129. The van der Waals surface area contributed by atoms with Crippen LogP contribution in [-0.4, -0.2) is 31.5 Å². The van der Waals surface area contributed by atoms with Gasteiger partial charge >= 0.3 is 0 Å². The van der Waals surface area contributed by atoms with Crippen LogP contribution in [0.3, 0.4) is 0 Å². The number of benzene rings is 1. The van der Waals surface area contributed by atoms with Crippen molar-refractivity contribution in [1.82, 2.24) is 4.90 Å². The third-order valence-electron chi connectivity index (χ3n) is 3.03. The Balaban J connectivity index is 2.09. The minimum atomic E-state index is -0.240. The largest absolute Gasteiger partial charge is 0.493 e. The number of hydrogen-bond donors (Lipinski definition) is 1. The van der Waals surface area contributed by atoms with E-state index in [4.69, 9.17) is 10.5 Å². The molecule has 2 rings (SSSR count). The maximum absolute atomic E-state index is 11.6. The summed E-state index contributed by atoms with van der Waals surface area (Å²) in [4.78, 5) is 13.1. The van der Waals surface area contributed by atoms with Crippen LogP contribution >= 0.6 is 0 Å². The molecular formula is C13H18N2O2. The van der Waals surface area contributed by atoms with Gasteiger partial charge in [0.05, 0.1) is 6.61 Å². The number of hydrogen-bond acceptors (Lipinski definition) is 3. The van der Waals surface area contributed by atoms with Gasteiger partial charge in [0.2, 0.25) is 5.91 Å². The van der Waals surface area contributed by atoms with Crippen molar-refractivity contribution in [2.45, 2.75) is 18.9 Å². The van der Waals surface area contributed by atoms with Gasteiger partial charge in [-0.2, -0.15) is 0 Å². The van der Waals surface area contributed by atoms with Crippen molar-refractivity contribution in [1.29, 1.82) is 0 Å². The Morgan fingerprint density at radius 1 is 1.53 bits per heavy atom. The highest BCUT2D eigenvalue weighted by atomic mass is 16.5. The summed E-state index contributed by atoms with van der Waals surface area (Å²) in [6, 6.07) is 5.70. The molecule has 1 aliphatic rings. The summed E-state index contributed by atoms with van der Waals surface area (Å²) in [6.07, 6.45) is 1.27. The fourth-order valence-corrected chi connectivity index (χ4v) is 1.93. The molecule has 0 saturated heterocycles. The summed E-state index contributed by atoms with van der Waals surface area (Å²) in [5.74, 6) is 0.995. The molecule has 0 aromatic heterocycles. The van der Waals surface area contributed by atoms with E-state index in [2.05, 4.69) is 6.07 Å². The average Bonchev–Trinajstić information content (AvgIpc) is 2.75. The smallest absolute Gasteiger partial charge is 0.223 e. The van der Waals surface area contributed by atoms with Crippen molar-refractivity contribution >= 4 is 5.91 Å². The van der Waals surface area contributed by atoms with Crippen molar-refractivity contribution in [3.63, 3.8) is 0 Å². The Labute approximate surface area is 101 Å². The molecule has 4 nitrogen and oxygen atoms in total. The summed E-state index contributed by atoms with van der Waals surface area (Å²) in [5.41, 5.74) is 8.23. The summed E-state index contributed by atoms with van der Waals surface area (Å²) in [6.45, 7) is 0.741. The van der Waals surface area contributed by atoms with Gasteiger partial charge in [0.1, 0.15) is 5.75 Å². The van der Waals surface area contributed by atoms with Gasteiger partial charge in [0.25, 0.3) is 0 Å². The van der Waals surface area contributed by atoms with Gasteiger partial charge in [-0.3, -0.25) is 4.79 Å². The SMILES string of the molecule is CN(C)C(=O)CC(N)c1ccc2c(c1)CCO2. The zero-order valence-electron chi connectivity index (χ0n) is 10.3. The van der Waals surface area contributed by atoms with E-state index in [1.165, 1.54) is 5.56 Å². The molecular weight excluding hydrogens is 216 g/mol. The first kappa shape index (κ1) is 11.9. The minimum Gasteiger partial charge on any atom is -0.493 e. The Bertz CT molecular complexity index is 429. The van der Waals surface area contributed by atoms with Crippen molar-refractivity contribution < 1.29 is 9.53 Å². The van der Waals surface area contributed by atoms with Crippen molar-refractivity contribution in [3.8, 4) is 5.75 Å². The lowest BCUT2D eigenvalue weighted by atomic mass is 10.0. The molecule has 1 aromatic carbocycles. The molecule has 0 aliphatic carbocycles. The Hall–Kier alpha value is -1.55. The van der Waals surface area contributed by atoms with Crippen molar-refractivity contribution in [3.05, 3.63) is 29.3 Å². The number of carbonyl (C=O) groups is 1. The average molecular weight is 234 g/mol. The number of rotatable bonds is 3. The second kappa shape index (κ2) is 4.75. The van der Waals surface area contributed by atoms with Crippen LogP contribution < -0.4 is 10.5 Å². The van der Waals surface area contributed by atoms with Crippen molar-refractivity contribution in [2.24, 2.45) is 5.73 Å². The summed E-state index contributed by atoms with van der Waals surface area (Å²) in [5, 5.41) is 0. The zero-order valence-corrected chi connectivity index (χ0v) is 10.3. The van der Waals surface area contributed by atoms with Gasteiger partial charge in [0.15, 0.2) is 0 Å². The topological polar surface area (TPSA) is 55.6 Å². The minimum absolute atomic E-state index is 0.0502. The Kier molecular flexibility index (Phi) is 3.33. The van der Waals surface area contributed by atoms with E-state index >= 15 is 0 Å². The van der Waals surface area contributed by atoms with E-state index in [0.29, 0.717) is 6.42 Å². The zero-order chi connectivity index (χ0) is 12.4. The van der Waals surface area contributed by atoms with E-state index in [1.54, 1.807) is 19.0 Å². The number of nitrogens with two attached hydrogens (primary N) is 1. The third-order valence-corrected chi connectivity index (χ3v) is 3.03. The summed E-state index contributed by atoms with van der Waals surface area (Å²) >= 11 is 0. The molecule has 92 valence electrons. The van der Waals surface area contributed by atoms with Crippen LogP contribution in [0.5, 0.6) is 5.75 Å². The van der Waals surface area contributed by atoms with E-state index in [1.807, 2.05) is 12.1 Å². The Morgan fingerprint density at radius 2 is 2.29 bits per heavy atom. The van der Waals surface area contributed by atoms with Crippen LogP contribution in [0.15, 0.2) is 18.2 Å². The molecule has 0 saturated carbocycles. The van der Waals surface area contributed by atoms with E-state index < -0.39 is 0 Å². The van der Waals surface area contributed by atoms with Crippen LogP contribution in [0, 0.1) is 0 Å². The molecule has 0 fully saturated rings. The molecule has 1 unspecified atom stereocenters. The van der Waals surface area contributed by atoms with Gasteiger partial charge in [0, 0.05) is 33.0 Å². The van der Waals surface area contributed by atoms with Gasteiger partial charge in [-0.05, 0) is 17.2 Å². The van der Waals surface area contributed by atoms with E-state index in [9.17, 15) is 4.79 Å². The summed E-state index contributed by atoms with van der Waals surface area (Å²) < 4.78 is 5.44. The van der Waals surface area contributed by atoms with Crippen LogP contribution in [0.2, 0.25) is 0 Å². The maximum atomic E-state index is 11.6. The fraction of sp³-hybridized carbons (Fsp3) is 0.462. The number of ether oxygens (including phenoxy) is 1. The predicted octanol–water partition coefficient (Wildman–Crippen LogP) is 1.10. The second-order valence-electron chi connectivity index (χ2n) is 4.56. The van der Waals surface area contributed by atoms with E-state index in [0.717, 1.165) is 24.3 Å². The molecule has 1 amide bonds. The lowest BCUT2D eigenvalue weighted by Crippen LogP contribution is -2.26. The molecule has 2 N–H and O–H groups in total. The normalized spacial score (nSPS) is 15.0. The highest BCUT2D eigenvalue weighted by molar-refractivity contribution is 5.76. The molecule has 0 spiro atoms. The van der Waals surface area contributed by atoms with Crippen LogP contribution in [0.25, 0.3) is 0 Å². The van der Waals surface area contributed by atoms with Gasteiger partial charge in [-0.15, -0.1) is 0 Å². The third kappa shape index (κ3) is 2.58. The molecule has 17 heavy (non-hydrogen) atoms. The number of carbonyl (C=O) groups excluding carboxylic acids is 1. The van der Waals surface area contributed by atoms with Gasteiger partial charge in [-0.25, -0.2) is 0 Å². The molecule has 4 heteroatoms. The first-order chi connectivity index (χ1) is 8.08. The fourth-order valence-electron chi connectivity index (χ4n) is 1.93. The molecule has 1 aromatic rings. The van der Waals surface area contributed by atoms with Crippen LogP contribution in [-0.2, 0) is 11.2 Å². The van der Waals surface area contributed by atoms with Crippen molar-refractivity contribution in [2.75, 3.05) is 20.7 Å². The number of nitrogens with zero attached hydrogens (tertiary/aromatic N) is 1. The van der Waals surface area contributed by atoms with Crippen LogP contribution in [0.1, 0.15) is 23.6 Å². The molecule has 0 bridgehead atoms. The highest BCUT2D eigenvalue weighted by Gasteiger charge is 2.17. The number of amides is 1. The number of fused-ring (bicyclic) bond motifs is 1. The first-order valence-corrected chi connectivity index (χ1v) is 5.79. The van der Waals surface area contributed by atoms with E-state index in [-0.39, 0.29) is 11.9 Å². The second-order valence-corrected chi connectivity index (χ2v) is 4.56. The molecule has 1 heterocycles. The van der Waals surface area contributed by atoms with Gasteiger partial charge in [-0.1, -0.05) is 12.1 Å². The molecule has 1 atom stereocenters. The predicted molar refractivity (Wildman–Crippen MR) is 65.9 cm³/mol. The molecule has 0 radical (unpaired) electrons. The highest BCUT2D eigenvalue weighted by Crippen LogP contribution is 2.28. The standard InChI is InChI=1S/C13H18N2O2/c1-15(2)13(16)8-11(14)9-3-4-12-10(7-9)5-6-17-12/h3-4,7,11H,5-6,8,14H2,1-2H3.